The van der Waals surface area contributed by atoms with Crippen LogP contribution >= 0.6 is 11.3 Å². The van der Waals surface area contributed by atoms with Crippen LogP contribution in [0.3, 0.4) is 0 Å². The van der Waals surface area contributed by atoms with Gasteiger partial charge in [-0.15, -0.1) is 0 Å². The number of anilines is 1. The third kappa shape index (κ3) is 3.49. The number of nitrogens with one attached hydrogen (secondary N) is 1. The maximum atomic E-state index is 5.34. The van der Waals surface area contributed by atoms with Crippen molar-refractivity contribution in [2.45, 2.75) is 19.6 Å². The monoisotopic (exact) mass is 277 g/mol. The largest absolute Gasteiger partial charge is 0.496 e. The molecule has 0 amide bonds. The Labute approximate surface area is 118 Å². The van der Waals surface area contributed by atoms with E-state index < -0.39 is 0 Å². The molecule has 0 spiro atoms. The molecule has 0 aliphatic rings. The lowest BCUT2D eigenvalue weighted by Crippen LogP contribution is -2.07. The summed E-state index contributed by atoms with van der Waals surface area (Å²) in [4.78, 5) is 0. The zero-order chi connectivity index (χ0) is 13.7. The van der Waals surface area contributed by atoms with E-state index in [9.17, 15) is 0 Å². The van der Waals surface area contributed by atoms with Crippen molar-refractivity contribution in [2.24, 2.45) is 0 Å². The molecule has 0 aliphatic heterocycles. The van der Waals surface area contributed by atoms with Gasteiger partial charge in [0.05, 0.1) is 13.7 Å². The molecule has 0 radical (unpaired) electrons. The van der Waals surface area contributed by atoms with Crippen LogP contribution in [-0.2, 0) is 11.3 Å². The summed E-state index contributed by atoms with van der Waals surface area (Å²) in [6.07, 6.45) is 0. The van der Waals surface area contributed by atoms with Crippen LogP contribution in [0.5, 0.6) is 5.75 Å². The predicted octanol–water partition coefficient (Wildman–Crippen LogP) is 4.08. The van der Waals surface area contributed by atoms with E-state index in [0.29, 0.717) is 6.61 Å². The fourth-order valence-electron chi connectivity index (χ4n) is 2.02. The number of ether oxygens (including phenoxy) is 2. The summed E-state index contributed by atoms with van der Waals surface area (Å²) in [5, 5.41) is 7.65. The van der Waals surface area contributed by atoms with Gasteiger partial charge in [-0.05, 0) is 36.1 Å². The predicted molar refractivity (Wildman–Crippen MR) is 80.1 cm³/mol. The van der Waals surface area contributed by atoms with Crippen molar-refractivity contribution < 1.29 is 9.47 Å². The molecule has 0 bridgehead atoms. The molecule has 2 aromatic rings. The minimum Gasteiger partial charge on any atom is -0.496 e. The van der Waals surface area contributed by atoms with E-state index >= 15 is 0 Å². The molecule has 102 valence electrons. The fourth-order valence-corrected chi connectivity index (χ4v) is 2.61. The van der Waals surface area contributed by atoms with Gasteiger partial charge in [-0.3, -0.25) is 0 Å². The number of benzene rings is 1. The smallest absolute Gasteiger partial charge is 0.124 e. The summed E-state index contributed by atoms with van der Waals surface area (Å²) in [6.45, 7) is 2.71. The summed E-state index contributed by atoms with van der Waals surface area (Å²) in [5.74, 6) is 0.869. The van der Waals surface area contributed by atoms with Gasteiger partial charge >= 0.3 is 0 Å². The number of rotatable bonds is 6. The van der Waals surface area contributed by atoms with Crippen molar-refractivity contribution in [3.05, 3.63) is 46.2 Å². The first-order chi connectivity index (χ1) is 9.24. The van der Waals surface area contributed by atoms with Gasteiger partial charge in [0.25, 0.3) is 0 Å². The van der Waals surface area contributed by atoms with Gasteiger partial charge in [-0.25, -0.2) is 0 Å². The number of hydrogen-bond acceptors (Lipinski definition) is 4. The van der Waals surface area contributed by atoms with E-state index in [2.05, 4.69) is 41.2 Å². The Balaban J connectivity index is 2.17. The number of thiophene rings is 1. The first-order valence-electron chi connectivity index (χ1n) is 6.19. The van der Waals surface area contributed by atoms with E-state index in [0.717, 1.165) is 17.0 Å². The van der Waals surface area contributed by atoms with Crippen LogP contribution in [0.25, 0.3) is 0 Å². The third-order valence-electron chi connectivity index (χ3n) is 3.01. The zero-order valence-corrected chi connectivity index (χ0v) is 12.3. The van der Waals surface area contributed by atoms with Crippen molar-refractivity contribution in [1.82, 2.24) is 0 Å². The van der Waals surface area contributed by atoms with Crippen LogP contribution in [0.2, 0.25) is 0 Å². The van der Waals surface area contributed by atoms with Gasteiger partial charge in [-0.2, -0.15) is 11.3 Å². The highest BCUT2D eigenvalue weighted by Gasteiger charge is 2.10. The molecule has 1 aromatic carbocycles. The van der Waals surface area contributed by atoms with Crippen molar-refractivity contribution in [2.75, 3.05) is 19.5 Å². The number of hydrogen-bond donors (Lipinski definition) is 1. The van der Waals surface area contributed by atoms with Crippen molar-refractivity contribution in [3.63, 3.8) is 0 Å². The zero-order valence-electron chi connectivity index (χ0n) is 11.5. The molecule has 19 heavy (non-hydrogen) atoms. The Kier molecular flexibility index (Phi) is 4.82. The standard InChI is InChI=1S/C15H19NO2S/c1-11(16-14-6-7-19-10-14)12-4-5-15(18-3)13(8-12)9-17-2/h4-8,10-11,16H,9H2,1-3H3. The molecular formula is C15H19NO2S. The SMILES string of the molecule is COCc1cc(C(C)Nc2ccsc2)ccc1OC. The lowest BCUT2D eigenvalue weighted by molar-refractivity contribution is 0.181. The third-order valence-corrected chi connectivity index (χ3v) is 3.69. The highest BCUT2D eigenvalue weighted by atomic mass is 32.1. The maximum Gasteiger partial charge on any atom is 0.124 e. The quantitative estimate of drug-likeness (QED) is 0.863. The topological polar surface area (TPSA) is 30.5 Å². The Morgan fingerprint density at radius 1 is 1.26 bits per heavy atom. The fraction of sp³-hybridized carbons (Fsp3) is 0.333. The molecule has 0 saturated heterocycles. The summed E-state index contributed by atoms with van der Waals surface area (Å²) in [5.41, 5.74) is 3.45. The van der Waals surface area contributed by atoms with Gasteiger partial charge < -0.3 is 14.8 Å². The van der Waals surface area contributed by atoms with E-state index in [1.807, 2.05) is 6.07 Å². The van der Waals surface area contributed by atoms with Crippen LogP contribution in [0.1, 0.15) is 24.1 Å². The van der Waals surface area contributed by atoms with E-state index in [1.165, 1.54) is 5.56 Å². The summed E-state index contributed by atoms with van der Waals surface area (Å²) < 4.78 is 10.6. The normalized spacial score (nSPS) is 12.2. The second-order valence-electron chi connectivity index (χ2n) is 4.38. The van der Waals surface area contributed by atoms with Crippen LogP contribution in [0, 0.1) is 0 Å². The Morgan fingerprint density at radius 2 is 2.11 bits per heavy atom. The molecule has 1 aromatic heterocycles. The Bertz CT molecular complexity index is 511. The van der Waals surface area contributed by atoms with Crippen molar-refractivity contribution in [3.8, 4) is 5.75 Å². The molecule has 1 N–H and O–H groups in total. The van der Waals surface area contributed by atoms with Crippen molar-refractivity contribution >= 4 is 17.0 Å². The Hall–Kier alpha value is -1.52. The van der Waals surface area contributed by atoms with Gasteiger partial charge in [0, 0.05) is 29.8 Å². The van der Waals surface area contributed by atoms with Crippen LogP contribution < -0.4 is 10.1 Å². The van der Waals surface area contributed by atoms with Gasteiger partial charge in [0.1, 0.15) is 5.75 Å². The second-order valence-corrected chi connectivity index (χ2v) is 5.16. The molecule has 0 aliphatic carbocycles. The van der Waals surface area contributed by atoms with E-state index in [-0.39, 0.29) is 6.04 Å². The van der Waals surface area contributed by atoms with Crippen molar-refractivity contribution in [1.29, 1.82) is 0 Å². The van der Waals surface area contributed by atoms with E-state index in [1.54, 1.807) is 25.6 Å². The highest BCUT2D eigenvalue weighted by molar-refractivity contribution is 7.08. The summed E-state index contributed by atoms with van der Waals surface area (Å²) >= 11 is 1.69. The molecule has 4 heteroatoms. The first-order valence-corrected chi connectivity index (χ1v) is 7.13. The van der Waals surface area contributed by atoms with Crippen LogP contribution in [-0.4, -0.2) is 14.2 Å². The highest BCUT2D eigenvalue weighted by Crippen LogP contribution is 2.26. The molecule has 0 fully saturated rings. The minimum atomic E-state index is 0.246. The van der Waals surface area contributed by atoms with Gasteiger partial charge in [-0.1, -0.05) is 6.07 Å². The molecule has 0 saturated carbocycles. The molecule has 1 unspecified atom stereocenters. The van der Waals surface area contributed by atoms with Crippen LogP contribution in [0.15, 0.2) is 35.0 Å². The van der Waals surface area contributed by atoms with E-state index in [4.69, 9.17) is 9.47 Å². The molecule has 2 rings (SSSR count). The summed E-state index contributed by atoms with van der Waals surface area (Å²) in [6, 6.07) is 8.54. The average Bonchev–Trinajstić information content (AvgIpc) is 2.92. The minimum absolute atomic E-state index is 0.246. The maximum absolute atomic E-state index is 5.34. The molecular weight excluding hydrogens is 258 g/mol. The van der Waals surface area contributed by atoms with Gasteiger partial charge in [0.15, 0.2) is 0 Å². The lowest BCUT2D eigenvalue weighted by Gasteiger charge is -2.17. The van der Waals surface area contributed by atoms with Gasteiger partial charge in [0.2, 0.25) is 0 Å². The lowest BCUT2D eigenvalue weighted by atomic mass is 10.0. The average molecular weight is 277 g/mol. The first kappa shape index (κ1) is 13.9. The summed E-state index contributed by atoms with van der Waals surface area (Å²) in [7, 11) is 3.38. The molecule has 1 atom stereocenters. The number of methoxy groups -OCH3 is 2. The molecule has 3 nitrogen and oxygen atoms in total. The molecule has 1 heterocycles. The second kappa shape index (κ2) is 6.59. The van der Waals surface area contributed by atoms with Crippen LogP contribution in [0.4, 0.5) is 5.69 Å². The Morgan fingerprint density at radius 3 is 2.74 bits per heavy atom.